The topological polar surface area (TPSA) is 87.4 Å². The van der Waals surface area contributed by atoms with Crippen LogP contribution >= 0.6 is 28.1 Å². The highest BCUT2D eigenvalue weighted by atomic mass is 79.9. The fourth-order valence-corrected chi connectivity index (χ4v) is 3.52. The van der Waals surface area contributed by atoms with Crippen LogP contribution in [0.15, 0.2) is 69.6 Å². The summed E-state index contributed by atoms with van der Waals surface area (Å²) >= 11 is 8.56. The summed E-state index contributed by atoms with van der Waals surface area (Å²) in [4.78, 5) is 16.9. The van der Waals surface area contributed by atoms with E-state index in [4.69, 9.17) is 16.6 Å². The van der Waals surface area contributed by atoms with Gasteiger partial charge in [-0.1, -0.05) is 18.2 Å². The molecule has 6 nitrogen and oxygen atoms in total. The van der Waals surface area contributed by atoms with Gasteiger partial charge < -0.3 is 14.8 Å². The van der Waals surface area contributed by atoms with Crippen LogP contribution in [-0.4, -0.2) is 21.1 Å². The summed E-state index contributed by atoms with van der Waals surface area (Å²) in [5, 5.41) is 15.5. The van der Waals surface area contributed by atoms with Gasteiger partial charge in [0, 0.05) is 16.8 Å². The number of rotatable bonds is 3. The first-order valence-electron chi connectivity index (χ1n) is 8.98. The zero-order valence-electron chi connectivity index (χ0n) is 15.8. The second-order valence-electron chi connectivity index (χ2n) is 6.59. The van der Waals surface area contributed by atoms with E-state index in [2.05, 4.69) is 31.5 Å². The molecule has 0 aliphatic heterocycles. The molecule has 0 radical (unpaired) electrons. The van der Waals surface area contributed by atoms with E-state index in [1.807, 2.05) is 19.1 Å². The number of hydrogen-bond acceptors (Lipinski definition) is 5. The van der Waals surface area contributed by atoms with Gasteiger partial charge in [0.2, 0.25) is 5.89 Å². The quantitative estimate of drug-likeness (QED) is 0.339. The average Bonchev–Trinajstić information content (AvgIpc) is 3.13. The van der Waals surface area contributed by atoms with Crippen LogP contribution in [0.2, 0.25) is 0 Å². The Labute approximate surface area is 186 Å². The van der Waals surface area contributed by atoms with Crippen LogP contribution in [-0.2, 0) is 0 Å². The van der Waals surface area contributed by atoms with Crippen LogP contribution in [0.1, 0.15) is 15.9 Å². The van der Waals surface area contributed by atoms with Crippen molar-refractivity contribution in [1.29, 1.82) is 0 Å². The van der Waals surface area contributed by atoms with E-state index in [0.29, 0.717) is 32.7 Å². The minimum Gasteiger partial charge on any atom is -0.507 e. The number of carbonyl (C=O) groups is 1. The van der Waals surface area contributed by atoms with E-state index in [1.165, 1.54) is 0 Å². The Morgan fingerprint density at radius 3 is 2.70 bits per heavy atom. The second-order valence-corrected chi connectivity index (χ2v) is 7.85. The van der Waals surface area contributed by atoms with Crippen molar-refractivity contribution in [3.05, 3.63) is 76.3 Å². The Balaban J connectivity index is 1.51. The maximum Gasteiger partial charge on any atom is 0.257 e. The standard InChI is InChI=1S/C22H16BrN3O3S/c1-12-4-2-3-5-15(12)20(28)26-22(30)24-14-7-9-19-17(11-14)25-21(29-19)13-6-8-18(27)16(23)10-13/h2-11,27H,1H3,(H2,24,26,28,30). The highest BCUT2D eigenvalue weighted by molar-refractivity contribution is 9.10. The summed E-state index contributed by atoms with van der Waals surface area (Å²) in [5.41, 5.74) is 4.08. The molecule has 8 heteroatoms. The molecular weight excluding hydrogens is 466 g/mol. The Morgan fingerprint density at radius 1 is 1.13 bits per heavy atom. The molecule has 3 aromatic carbocycles. The van der Waals surface area contributed by atoms with Crippen LogP contribution in [0.3, 0.4) is 0 Å². The lowest BCUT2D eigenvalue weighted by Gasteiger charge is -2.10. The molecule has 1 heterocycles. The number of thiocarbonyl (C=S) groups is 1. The minimum absolute atomic E-state index is 0.141. The lowest BCUT2D eigenvalue weighted by Crippen LogP contribution is -2.34. The van der Waals surface area contributed by atoms with Crippen molar-refractivity contribution in [2.45, 2.75) is 6.92 Å². The van der Waals surface area contributed by atoms with Gasteiger partial charge in [0.25, 0.3) is 5.91 Å². The molecule has 0 unspecified atom stereocenters. The Morgan fingerprint density at radius 2 is 1.93 bits per heavy atom. The van der Waals surface area contributed by atoms with Gasteiger partial charge >= 0.3 is 0 Å². The third-order valence-electron chi connectivity index (χ3n) is 4.46. The second kappa shape index (κ2) is 8.25. The molecule has 0 aliphatic carbocycles. The number of aromatic hydroxyl groups is 1. The van der Waals surface area contributed by atoms with E-state index in [-0.39, 0.29) is 16.8 Å². The number of benzene rings is 3. The maximum atomic E-state index is 12.4. The Bertz CT molecular complexity index is 1290. The first kappa shape index (κ1) is 20.1. The fourth-order valence-electron chi connectivity index (χ4n) is 2.93. The van der Waals surface area contributed by atoms with Gasteiger partial charge in [-0.2, -0.15) is 0 Å². The molecule has 1 amide bonds. The smallest absolute Gasteiger partial charge is 0.257 e. The predicted molar refractivity (Wildman–Crippen MR) is 124 cm³/mol. The monoisotopic (exact) mass is 481 g/mol. The summed E-state index contributed by atoms with van der Waals surface area (Å²) in [6, 6.07) is 17.7. The Hall–Kier alpha value is -3.23. The van der Waals surface area contributed by atoms with Gasteiger partial charge in [-0.3, -0.25) is 10.1 Å². The van der Waals surface area contributed by atoms with Gasteiger partial charge in [-0.05, 0) is 83.1 Å². The molecular formula is C22H16BrN3O3S. The van der Waals surface area contributed by atoms with Crippen molar-refractivity contribution in [1.82, 2.24) is 10.3 Å². The number of nitrogens with zero attached hydrogens (tertiary/aromatic N) is 1. The maximum absolute atomic E-state index is 12.4. The number of hydrogen-bond donors (Lipinski definition) is 3. The number of nitrogens with one attached hydrogen (secondary N) is 2. The molecule has 30 heavy (non-hydrogen) atoms. The molecule has 0 saturated heterocycles. The SMILES string of the molecule is Cc1ccccc1C(=O)NC(=S)Nc1ccc2oc(-c3ccc(O)c(Br)c3)nc2c1. The number of oxazole rings is 1. The van der Waals surface area contributed by atoms with E-state index in [9.17, 15) is 9.90 Å². The molecule has 4 aromatic rings. The van der Waals surface area contributed by atoms with E-state index in [1.54, 1.807) is 48.5 Å². The van der Waals surface area contributed by atoms with Crippen LogP contribution in [0.4, 0.5) is 5.69 Å². The highest BCUT2D eigenvalue weighted by Crippen LogP contribution is 2.31. The summed E-state index contributed by atoms with van der Waals surface area (Å²) in [6.07, 6.45) is 0. The van der Waals surface area contributed by atoms with Crippen molar-refractivity contribution in [3.8, 4) is 17.2 Å². The van der Waals surface area contributed by atoms with Crippen LogP contribution < -0.4 is 10.6 Å². The first-order valence-corrected chi connectivity index (χ1v) is 10.2. The third-order valence-corrected chi connectivity index (χ3v) is 5.30. The number of aromatic nitrogens is 1. The molecule has 0 atom stereocenters. The van der Waals surface area contributed by atoms with E-state index < -0.39 is 0 Å². The molecule has 3 N–H and O–H groups in total. The number of carbonyl (C=O) groups excluding carboxylic acids is 1. The zero-order valence-corrected chi connectivity index (χ0v) is 18.2. The first-order chi connectivity index (χ1) is 14.4. The van der Waals surface area contributed by atoms with Gasteiger partial charge in [-0.25, -0.2) is 4.98 Å². The van der Waals surface area contributed by atoms with Crippen molar-refractivity contribution in [2.75, 3.05) is 5.32 Å². The third kappa shape index (κ3) is 4.19. The van der Waals surface area contributed by atoms with Crippen LogP contribution in [0.25, 0.3) is 22.6 Å². The molecule has 0 spiro atoms. The van der Waals surface area contributed by atoms with Crippen LogP contribution in [0.5, 0.6) is 5.75 Å². The lowest BCUT2D eigenvalue weighted by molar-refractivity contribution is 0.0977. The molecule has 0 bridgehead atoms. The number of amides is 1. The average molecular weight is 482 g/mol. The van der Waals surface area contributed by atoms with Crippen LogP contribution in [0, 0.1) is 6.92 Å². The van der Waals surface area contributed by atoms with E-state index in [0.717, 1.165) is 11.1 Å². The molecule has 0 aliphatic rings. The number of halogens is 1. The molecule has 4 rings (SSSR count). The minimum atomic E-state index is -0.270. The van der Waals surface area contributed by atoms with Crippen molar-refractivity contribution < 1.29 is 14.3 Å². The molecule has 0 saturated carbocycles. The summed E-state index contributed by atoms with van der Waals surface area (Å²) in [5.74, 6) is 0.300. The normalized spacial score (nSPS) is 10.7. The molecule has 150 valence electrons. The highest BCUT2D eigenvalue weighted by Gasteiger charge is 2.13. The van der Waals surface area contributed by atoms with Gasteiger partial charge in [0.15, 0.2) is 10.7 Å². The summed E-state index contributed by atoms with van der Waals surface area (Å²) in [6.45, 7) is 1.87. The summed E-state index contributed by atoms with van der Waals surface area (Å²) in [7, 11) is 0. The number of fused-ring (bicyclic) bond motifs is 1. The van der Waals surface area contributed by atoms with Crippen molar-refractivity contribution in [2.24, 2.45) is 0 Å². The van der Waals surface area contributed by atoms with Crippen molar-refractivity contribution >= 4 is 56.0 Å². The summed E-state index contributed by atoms with van der Waals surface area (Å²) < 4.78 is 6.36. The molecule has 0 fully saturated rings. The van der Waals surface area contributed by atoms with Gasteiger partial charge in [0.1, 0.15) is 11.3 Å². The number of phenols is 1. The molecule has 1 aromatic heterocycles. The predicted octanol–water partition coefficient (Wildman–Crippen LogP) is 5.40. The zero-order chi connectivity index (χ0) is 21.3. The lowest BCUT2D eigenvalue weighted by atomic mass is 10.1. The number of anilines is 1. The van der Waals surface area contributed by atoms with Gasteiger partial charge in [-0.15, -0.1) is 0 Å². The van der Waals surface area contributed by atoms with Gasteiger partial charge in [0.05, 0.1) is 4.47 Å². The van der Waals surface area contributed by atoms with Crippen molar-refractivity contribution in [3.63, 3.8) is 0 Å². The fraction of sp³-hybridized carbons (Fsp3) is 0.0455. The largest absolute Gasteiger partial charge is 0.507 e. The Kier molecular flexibility index (Phi) is 5.52. The number of phenolic OH excluding ortho intramolecular Hbond substituents is 1. The number of aryl methyl sites for hydroxylation is 1. The van der Waals surface area contributed by atoms with E-state index >= 15 is 0 Å².